The van der Waals surface area contributed by atoms with E-state index in [1.165, 1.54) is 0 Å². The van der Waals surface area contributed by atoms with Crippen molar-refractivity contribution in [3.05, 3.63) is 42.2 Å². The van der Waals surface area contributed by atoms with Gasteiger partial charge in [0.1, 0.15) is 5.82 Å². The maximum atomic E-state index is 13.3. The first-order valence-electron chi connectivity index (χ1n) is 4.17. The summed E-state index contributed by atoms with van der Waals surface area (Å²) in [4.78, 5) is 0. The van der Waals surface area contributed by atoms with Crippen molar-refractivity contribution in [1.82, 2.24) is 0 Å². The maximum Gasteiger partial charge on any atom is 0.146 e. The first-order valence-corrected chi connectivity index (χ1v) is 4.17. The lowest BCUT2D eigenvalue weighted by Gasteiger charge is -2.04. The average molecular weight is 175 g/mol. The second-order valence-electron chi connectivity index (χ2n) is 2.93. The lowest BCUT2D eigenvalue weighted by molar-refractivity contribution is 0.633. The Hall–Kier alpha value is -1.57. The quantitative estimate of drug-likeness (QED) is 0.702. The van der Waals surface area contributed by atoms with Crippen molar-refractivity contribution >= 4 is 16.5 Å². The van der Waals surface area contributed by atoms with E-state index in [2.05, 4.69) is 5.32 Å². The third-order valence-electron chi connectivity index (χ3n) is 2.10. The summed E-state index contributed by atoms with van der Waals surface area (Å²) in [5, 5.41) is 4.79. The molecular formula is C11H10FN. The van der Waals surface area contributed by atoms with Crippen LogP contribution < -0.4 is 5.32 Å². The number of hydrogen-bond acceptors (Lipinski definition) is 1. The van der Waals surface area contributed by atoms with Gasteiger partial charge >= 0.3 is 0 Å². The molecule has 0 fully saturated rings. The molecule has 0 aliphatic rings. The van der Waals surface area contributed by atoms with Gasteiger partial charge in [0, 0.05) is 7.05 Å². The number of anilines is 1. The van der Waals surface area contributed by atoms with Crippen LogP contribution in [0.4, 0.5) is 10.1 Å². The van der Waals surface area contributed by atoms with Crippen LogP contribution in [0.1, 0.15) is 0 Å². The summed E-state index contributed by atoms with van der Waals surface area (Å²) in [6.07, 6.45) is 0. The molecule has 0 amide bonds. The summed E-state index contributed by atoms with van der Waals surface area (Å²) >= 11 is 0. The molecule has 66 valence electrons. The van der Waals surface area contributed by atoms with Gasteiger partial charge in [-0.2, -0.15) is 0 Å². The molecular weight excluding hydrogens is 165 g/mol. The van der Waals surface area contributed by atoms with Crippen molar-refractivity contribution in [2.75, 3.05) is 12.4 Å². The van der Waals surface area contributed by atoms with Gasteiger partial charge in [-0.25, -0.2) is 4.39 Å². The van der Waals surface area contributed by atoms with Crippen molar-refractivity contribution in [3.8, 4) is 0 Å². The molecule has 0 heterocycles. The molecule has 0 aliphatic heterocycles. The third-order valence-corrected chi connectivity index (χ3v) is 2.10. The van der Waals surface area contributed by atoms with Crippen LogP contribution >= 0.6 is 0 Å². The number of hydrogen-bond donors (Lipinski definition) is 1. The Balaban J connectivity index is 2.74. The average Bonchev–Trinajstić information content (AvgIpc) is 2.17. The van der Waals surface area contributed by atoms with Gasteiger partial charge in [-0.05, 0) is 22.9 Å². The molecule has 0 unspecified atom stereocenters. The highest BCUT2D eigenvalue weighted by atomic mass is 19.1. The van der Waals surface area contributed by atoms with E-state index in [1.54, 1.807) is 13.1 Å². The van der Waals surface area contributed by atoms with Crippen LogP contribution in [-0.2, 0) is 0 Å². The van der Waals surface area contributed by atoms with Crippen molar-refractivity contribution in [2.24, 2.45) is 0 Å². The molecule has 0 saturated carbocycles. The first-order chi connectivity index (χ1) is 6.31. The van der Waals surface area contributed by atoms with Crippen molar-refractivity contribution in [3.63, 3.8) is 0 Å². The number of rotatable bonds is 1. The van der Waals surface area contributed by atoms with Gasteiger partial charge < -0.3 is 5.32 Å². The highest BCUT2D eigenvalue weighted by Gasteiger charge is 2.01. The summed E-state index contributed by atoms with van der Waals surface area (Å²) in [5.41, 5.74) is 0.540. The molecule has 0 atom stereocenters. The molecule has 2 aromatic rings. The Kier molecular flexibility index (Phi) is 1.89. The van der Waals surface area contributed by atoms with Gasteiger partial charge in [0.2, 0.25) is 0 Å². The van der Waals surface area contributed by atoms with Gasteiger partial charge in [-0.1, -0.05) is 24.3 Å². The molecule has 2 aromatic carbocycles. The Morgan fingerprint density at radius 3 is 2.31 bits per heavy atom. The minimum Gasteiger partial charge on any atom is -0.386 e. The molecule has 13 heavy (non-hydrogen) atoms. The predicted molar refractivity (Wildman–Crippen MR) is 53.5 cm³/mol. The van der Waals surface area contributed by atoms with Gasteiger partial charge in [-0.15, -0.1) is 0 Å². The van der Waals surface area contributed by atoms with Crippen LogP contribution in [0, 0.1) is 5.82 Å². The van der Waals surface area contributed by atoms with E-state index in [0.717, 1.165) is 10.8 Å². The molecule has 0 saturated heterocycles. The Labute approximate surface area is 76.2 Å². The van der Waals surface area contributed by atoms with Crippen LogP contribution in [0.15, 0.2) is 36.4 Å². The van der Waals surface area contributed by atoms with Crippen LogP contribution in [0.25, 0.3) is 10.8 Å². The Morgan fingerprint density at radius 1 is 1.08 bits per heavy atom. The van der Waals surface area contributed by atoms with E-state index in [-0.39, 0.29) is 5.82 Å². The Bertz CT molecular complexity index is 437. The van der Waals surface area contributed by atoms with Gasteiger partial charge in [0.15, 0.2) is 0 Å². The van der Waals surface area contributed by atoms with E-state index in [0.29, 0.717) is 5.69 Å². The maximum absolute atomic E-state index is 13.3. The van der Waals surface area contributed by atoms with E-state index in [1.807, 2.05) is 30.3 Å². The van der Waals surface area contributed by atoms with Crippen molar-refractivity contribution in [1.29, 1.82) is 0 Å². The summed E-state index contributed by atoms with van der Waals surface area (Å²) < 4.78 is 13.3. The largest absolute Gasteiger partial charge is 0.386 e. The van der Waals surface area contributed by atoms with Crippen LogP contribution in [0.5, 0.6) is 0 Å². The van der Waals surface area contributed by atoms with Crippen molar-refractivity contribution in [2.45, 2.75) is 0 Å². The summed E-state index contributed by atoms with van der Waals surface area (Å²) in [7, 11) is 1.72. The summed E-state index contributed by atoms with van der Waals surface area (Å²) in [6, 6.07) is 11.1. The smallest absolute Gasteiger partial charge is 0.146 e. The normalized spacial score (nSPS) is 10.3. The van der Waals surface area contributed by atoms with E-state index >= 15 is 0 Å². The zero-order valence-corrected chi connectivity index (χ0v) is 7.34. The number of fused-ring (bicyclic) bond motifs is 1. The lowest BCUT2D eigenvalue weighted by Crippen LogP contribution is -1.91. The first kappa shape index (κ1) is 8.05. The summed E-state index contributed by atoms with van der Waals surface area (Å²) in [5.74, 6) is -0.207. The Morgan fingerprint density at radius 2 is 1.69 bits per heavy atom. The lowest BCUT2D eigenvalue weighted by atomic mass is 10.1. The molecule has 2 rings (SSSR count). The minimum atomic E-state index is -0.207. The second-order valence-corrected chi connectivity index (χ2v) is 2.93. The van der Waals surface area contributed by atoms with E-state index in [9.17, 15) is 4.39 Å². The number of halogens is 1. The highest BCUT2D eigenvalue weighted by Crippen LogP contribution is 2.21. The van der Waals surface area contributed by atoms with Crippen LogP contribution in [0.2, 0.25) is 0 Å². The fraction of sp³-hybridized carbons (Fsp3) is 0.0909. The SMILES string of the molecule is CNc1cc2ccccc2cc1F. The predicted octanol–water partition coefficient (Wildman–Crippen LogP) is 3.02. The topological polar surface area (TPSA) is 12.0 Å². The summed E-state index contributed by atoms with van der Waals surface area (Å²) in [6.45, 7) is 0. The molecule has 0 aromatic heterocycles. The molecule has 0 radical (unpaired) electrons. The van der Waals surface area contributed by atoms with Crippen LogP contribution in [-0.4, -0.2) is 7.05 Å². The third kappa shape index (κ3) is 1.35. The number of nitrogens with one attached hydrogen (secondary N) is 1. The molecule has 0 spiro atoms. The molecule has 1 N–H and O–H groups in total. The zero-order valence-electron chi connectivity index (χ0n) is 7.34. The monoisotopic (exact) mass is 175 g/mol. The van der Waals surface area contributed by atoms with E-state index < -0.39 is 0 Å². The van der Waals surface area contributed by atoms with Crippen LogP contribution in [0.3, 0.4) is 0 Å². The standard InChI is InChI=1S/C11H10FN/c1-13-11-7-9-5-3-2-4-8(9)6-10(11)12/h2-7,13H,1H3. The molecule has 0 bridgehead atoms. The zero-order chi connectivity index (χ0) is 9.26. The second kappa shape index (κ2) is 3.05. The number of benzene rings is 2. The van der Waals surface area contributed by atoms with Crippen molar-refractivity contribution < 1.29 is 4.39 Å². The van der Waals surface area contributed by atoms with Gasteiger partial charge in [0.05, 0.1) is 5.69 Å². The highest BCUT2D eigenvalue weighted by molar-refractivity contribution is 5.85. The minimum absolute atomic E-state index is 0.207. The van der Waals surface area contributed by atoms with E-state index in [4.69, 9.17) is 0 Å². The molecule has 1 nitrogen and oxygen atoms in total. The molecule has 0 aliphatic carbocycles. The molecule has 2 heteroatoms. The van der Waals surface area contributed by atoms with Gasteiger partial charge in [0.25, 0.3) is 0 Å². The fourth-order valence-corrected chi connectivity index (χ4v) is 1.40. The fourth-order valence-electron chi connectivity index (χ4n) is 1.40. The van der Waals surface area contributed by atoms with Gasteiger partial charge in [-0.3, -0.25) is 0 Å².